The van der Waals surface area contributed by atoms with Crippen molar-refractivity contribution in [1.82, 2.24) is 4.90 Å². The molecule has 0 spiro atoms. The molecule has 126 valence electrons. The number of anilines is 1. The summed E-state index contributed by atoms with van der Waals surface area (Å²) in [5.41, 5.74) is 1.92. The lowest BCUT2D eigenvalue weighted by Gasteiger charge is -2.31. The Morgan fingerprint density at radius 2 is 1.91 bits per heavy atom. The molecule has 0 unspecified atom stereocenters. The van der Waals surface area contributed by atoms with Gasteiger partial charge in [0.05, 0.1) is 6.54 Å². The summed E-state index contributed by atoms with van der Waals surface area (Å²) >= 11 is 0. The lowest BCUT2D eigenvalue weighted by molar-refractivity contribution is -0.130. The van der Waals surface area contributed by atoms with Gasteiger partial charge >= 0.3 is 0 Å². The molecule has 23 heavy (non-hydrogen) atoms. The van der Waals surface area contributed by atoms with Gasteiger partial charge < -0.3 is 15.0 Å². The van der Waals surface area contributed by atoms with Gasteiger partial charge in [-0.2, -0.15) is 0 Å². The van der Waals surface area contributed by atoms with Gasteiger partial charge in [-0.25, -0.2) is 0 Å². The van der Waals surface area contributed by atoms with E-state index >= 15 is 0 Å². The number of ether oxygens (including phenoxy) is 1. The van der Waals surface area contributed by atoms with Crippen LogP contribution in [0.15, 0.2) is 36.4 Å². The minimum atomic E-state index is 0.152. The number of carbonyl (C=O) groups is 1. The third kappa shape index (κ3) is 5.62. The van der Waals surface area contributed by atoms with Crippen LogP contribution in [0.25, 0.3) is 0 Å². The zero-order chi connectivity index (χ0) is 16.7. The van der Waals surface area contributed by atoms with Crippen molar-refractivity contribution in [2.75, 3.05) is 25.5 Å². The largest absolute Gasteiger partial charge is 0.489 e. The van der Waals surface area contributed by atoms with Crippen LogP contribution in [0.3, 0.4) is 0 Å². The Morgan fingerprint density at radius 3 is 2.52 bits per heavy atom. The first-order valence-corrected chi connectivity index (χ1v) is 8.43. The van der Waals surface area contributed by atoms with Gasteiger partial charge in [-0.15, -0.1) is 0 Å². The SMILES string of the molecule is C=C(C)COc1ccc(NCC(=O)N(C)C2CCCCC2)cc1. The minimum Gasteiger partial charge on any atom is -0.489 e. The second-order valence-corrected chi connectivity index (χ2v) is 6.42. The average molecular weight is 316 g/mol. The predicted molar refractivity (Wildman–Crippen MR) is 94.9 cm³/mol. The van der Waals surface area contributed by atoms with Crippen LogP contribution >= 0.6 is 0 Å². The van der Waals surface area contributed by atoms with Crippen molar-refractivity contribution in [3.63, 3.8) is 0 Å². The second-order valence-electron chi connectivity index (χ2n) is 6.42. The molecule has 1 aliphatic rings. The summed E-state index contributed by atoms with van der Waals surface area (Å²) in [4.78, 5) is 14.2. The maximum Gasteiger partial charge on any atom is 0.241 e. The van der Waals surface area contributed by atoms with Crippen LogP contribution < -0.4 is 10.1 Å². The molecule has 1 fully saturated rings. The van der Waals surface area contributed by atoms with Gasteiger partial charge in [-0.05, 0) is 49.6 Å². The van der Waals surface area contributed by atoms with Crippen molar-refractivity contribution in [2.45, 2.75) is 45.1 Å². The molecule has 2 rings (SSSR count). The maximum absolute atomic E-state index is 12.3. The molecule has 1 amide bonds. The first-order chi connectivity index (χ1) is 11.1. The Kier molecular flexibility index (Phi) is 6.51. The highest BCUT2D eigenvalue weighted by molar-refractivity contribution is 5.81. The fraction of sp³-hybridized carbons (Fsp3) is 0.526. The Labute approximate surface area is 139 Å². The molecule has 0 aromatic heterocycles. The molecule has 0 aliphatic heterocycles. The number of nitrogens with zero attached hydrogens (tertiary/aromatic N) is 1. The zero-order valence-corrected chi connectivity index (χ0v) is 14.3. The van der Waals surface area contributed by atoms with Crippen molar-refractivity contribution < 1.29 is 9.53 Å². The Bertz CT molecular complexity index is 519. The molecule has 4 nitrogen and oxygen atoms in total. The molecule has 0 bridgehead atoms. The van der Waals surface area contributed by atoms with E-state index in [0.717, 1.165) is 29.9 Å². The van der Waals surface area contributed by atoms with Gasteiger partial charge in [0.15, 0.2) is 0 Å². The molecule has 0 saturated heterocycles. The number of hydrogen-bond donors (Lipinski definition) is 1. The quantitative estimate of drug-likeness (QED) is 0.777. The lowest BCUT2D eigenvalue weighted by atomic mass is 9.94. The van der Waals surface area contributed by atoms with Crippen LogP contribution in [0.2, 0.25) is 0 Å². The molecular weight excluding hydrogens is 288 g/mol. The van der Waals surface area contributed by atoms with Gasteiger partial charge in [0, 0.05) is 18.8 Å². The summed E-state index contributed by atoms with van der Waals surface area (Å²) in [5.74, 6) is 0.962. The molecular formula is C19H28N2O2. The monoisotopic (exact) mass is 316 g/mol. The maximum atomic E-state index is 12.3. The predicted octanol–water partition coefficient (Wildman–Crippen LogP) is 3.84. The van der Waals surface area contributed by atoms with E-state index in [4.69, 9.17) is 4.74 Å². The number of nitrogens with one attached hydrogen (secondary N) is 1. The fourth-order valence-electron chi connectivity index (χ4n) is 2.85. The van der Waals surface area contributed by atoms with Crippen molar-refractivity contribution in [3.8, 4) is 5.75 Å². The van der Waals surface area contributed by atoms with E-state index in [9.17, 15) is 4.79 Å². The van der Waals surface area contributed by atoms with E-state index in [1.165, 1.54) is 19.3 Å². The third-order valence-corrected chi connectivity index (χ3v) is 4.30. The van der Waals surface area contributed by atoms with Crippen molar-refractivity contribution >= 4 is 11.6 Å². The highest BCUT2D eigenvalue weighted by Gasteiger charge is 2.21. The first kappa shape index (κ1) is 17.4. The first-order valence-electron chi connectivity index (χ1n) is 8.43. The molecule has 1 saturated carbocycles. The number of rotatable bonds is 7. The van der Waals surface area contributed by atoms with E-state index in [-0.39, 0.29) is 5.91 Å². The van der Waals surface area contributed by atoms with Crippen LogP contribution in [0, 0.1) is 0 Å². The molecule has 4 heteroatoms. The van der Waals surface area contributed by atoms with Crippen molar-refractivity contribution in [1.29, 1.82) is 0 Å². The van der Waals surface area contributed by atoms with Crippen LogP contribution in [0.5, 0.6) is 5.75 Å². The zero-order valence-electron chi connectivity index (χ0n) is 14.3. The number of benzene rings is 1. The highest BCUT2D eigenvalue weighted by Crippen LogP contribution is 2.22. The van der Waals surface area contributed by atoms with Gasteiger partial charge in [0.2, 0.25) is 5.91 Å². The van der Waals surface area contributed by atoms with Crippen LogP contribution in [0.4, 0.5) is 5.69 Å². The number of carbonyl (C=O) groups excluding carboxylic acids is 1. The standard InChI is InChI=1S/C19H28N2O2/c1-15(2)14-23-18-11-9-16(10-12-18)20-13-19(22)21(3)17-7-5-4-6-8-17/h9-12,17,20H,1,4-8,13-14H2,2-3H3. The molecule has 0 heterocycles. The second kappa shape index (κ2) is 8.61. The van der Waals surface area contributed by atoms with Crippen LogP contribution in [-0.2, 0) is 4.79 Å². The van der Waals surface area contributed by atoms with Crippen LogP contribution in [-0.4, -0.2) is 37.0 Å². The van der Waals surface area contributed by atoms with E-state index in [0.29, 0.717) is 19.2 Å². The smallest absolute Gasteiger partial charge is 0.241 e. The Morgan fingerprint density at radius 1 is 1.26 bits per heavy atom. The Balaban J connectivity index is 1.78. The van der Waals surface area contributed by atoms with E-state index in [1.807, 2.05) is 43.1 Å². The summed E-state index contributed by atoms with van der Waals surface area (Å²) in [6, 6.07) is 8.08. The number of likely N-dealkylation sites (N-methyl/N-ethyl adjacent to an activating group) is 1. The third-order valence-electron chi connectivity index (χ3n) is 4.30. The van der Waals surface area contributed by atoms with Gasteiger partial charge in [-0.3, -0.25) is 4.79 Å². The number of hydrogen-bond acceptors (Lipinski definition) is 3. The van der Waals surface area contributed by atoms with Gasteiger partial charge in [0.1, 0.15) is 12.4 Å². The lowest BCUT2D eigenvalue weighted by Crippen LogP contribution is -2.41. The summed E-state index contributed by atoms with van der Waals surface area (Å²) in [7, 11) is 1.93. The molecule has 0 radical (unpaired) electrons. The van der Waals surface area contributed by atoms with E-state index in [1.54, 1.807) is 0 Å². The minimum absolute atomic E-state index is 0.152. The molecule has 1 N–H and O–H groups in total. The van der Waals surface area contributed by atoms with Crippen molar-refractivity contribution in [3.05, 3.63) is 36.4 Å². The molecule has 0 atom stereocenters. The summed E-state index contributed by atoms with van der Waals surface area (Å²) in [5, 5.41) is 3.19. The Hall–Kier alpha value is -1.97. The van der Waals surface area contributed by atoms with E-state index < -0.39 is 0 Å². The molecule has 1 aromatic rings. The summed E-state index contributed by atoms with van der Waals surface area (Å²) in [6.07, 6.45) is 6.05. The fourth-order valence-corrected chi connectivity index (χ4v) is 2.85. The van der Waals surface area contributed by atoms with Gasteiger partial charge in [-0.1, -0.05) is 25.8 Å². The summed E-state index contributed by atoms with van der Waals surface area (Å²) < 4.78 is 5.56. The molecule has 1 aromatic carbocycles. The summed E-state index contributed by atoms with van der Waals surface area (Å²) in [6.45, 7) is 6.60. The highest BCUT2D eigenvalue weighted by atomic mass is 16.5. The number of amides is 1. The van der Waals surface area contributed by atoms with Crippen LogP contribution in [0.1, 0.15) is 39.0 Å². The normalized spacial score (nSPS) is 15.0. The van der Waals surface area contributed by atoms with Gasteiger partial charge in [0.25, 0.3) is 0 Å². The van der Waals surface area contributed by atoms with E-state index in [2.05, 4.69) is 11.9 Å². The molecule has 1 aliphatic carbocycles. The van der Waals surface area contributed by atoms with Crippen molar-refractivity contribution in [2.24, 2.45) is 0 Å². The topological polar surface area (TPSA) is 41.6 Å². The average Bonchev–Trinajstić information content (AvgIpc) is 2.58.